The molecule has 0 amide bonds. The summed E-state index contributed by atoms with van der Waals surface area (Å²) in [5, 5.41) is 26.2. The summed E-state index contributed by atoms with van der Waals surface area (Å²) < 4.78 is 7.72. The molecule has 0 unspecified atom stereocenters. The van der Waals surface area contributed by atoms with E-state index in [0.717, 1.165) is 32.0 Å². The van der Waals surface area contributed by atoms with Gasteiger partial charge in [-0.25, -0.2) is 0 Å². The largest absolute Gasteiger partial charge is 0.492 e. The molecule has 0 fully saturated rings. The standard InChI is InChI=1S/C13H17BN4O3/c19-14(20)11-2-1-3-12(8-11)21-7-6-17-4-5-18-10-15-16-13(18)9-17/h1-3,8,10,19-20H,4-7,9H2. The number of nitrogens with zero attached hydrogens (tertiary/aromatic N) is 4. The molecule has 1 aromatic carbocycles. The molecule has 21 heavy (non-hydrogen) atoms. The van der Waals surface area contributed by atoms with Crippen LogP contribution in [0.4, 0.5) is 0 Å². The van der Waals surface area contributed by atoms with Crippen LogP contribution in [-0.2, 0) is 13.1 Å². The van der Waals surface area contributed by atoms with Gasteiger partial charge in [0.2, 0.25) is 0 Å². The predicted octanol–water partition coefficient (Wildman–Crippen LogP) is -1.15. The van der Waals surface area contributed by atoms with Crippen LogP contribution in [0.5, 0.6) is 5.75 Å². The maximum absolute atomic E-state index is 9.13. The number of benzene rings is 1. The summed E-state index contributed by atoms with van der Waals surface area (Å²) in [6.07, 6.45) is 1.76. The molecule has 1 aliphatic heterocycles. The molecule has 0 aliphatic carbocycles. The SMILES string of the molecule is OB(O)c1cccc(OCCN2CCn3cnnc3C2)c1. The van der Waals surface area contributed by atoms with Crippen molar-refractivity contribution < 1.29 is 14.8 Å². The van der Waals surface area contributed by atoms with Gasteiger partial charge in [0.05, 0.1) is 6.54 Å². The van der Waals surface area contributed by atoms with E-state index in [-0.39, 0.29) is 0 Å². The smallest absolute Gasteiger partial charge is 0.488 e. The summed E-state index contributed by atoms with van der Waals surface area (Å²) in [5.41, 5.74) is 0.429. The molecule has 0 saturated carbocycles. The first-order valence-electron chi connectivity index (χ1n) is 6.90. The maximum atomic E-state index is 9.13. The zero-order chi connectivity index (χ0) is 14.7. The lowest BCUT2D eigenvalue weighted by atomic mass is 9.80. The number of fused-ring (bicyclic) bond motifs is 1. The quantitative estimate of drug-likeness (QED) is 0.676. The van der Waals surface area contributed by atoms with E-state index in [1.165, 1.54) is 0 Å². The Bertz CT molecular complexity index is 605. The molecule has 1 aromatic heterocycles. The highest BCUT2D eigenvalue weighted by Crippen LogP contribution is 2.10. The third-order valence-corrected chi connectivity index (χ3v) is 3.55. The molecule has 7 nitrogen and oxygen atoms in total. The van der Waals surface area contributed by atoms with Crippen LogP contribution in [0.1, 0.15) is 5.82 Å². The first kappa shape index (κ1) is 14.1. The highest BCUT2D eigenvalue weighted by molar-refractivity contribution is 6.58. The summed E-state index contributed by atoms with van der Waals surface area (Å²) in [6, 6.07) is 6.83. The summed E-state index contributed by atoms with van der Waals surface area (Å²) in [7, 11) is -1.47. The van der Waals surface area contributed by atoms with Crippen LogP contribution in [0.3, 0.4) is 0 Å². The Morgan fingerprint density at radius 3 is 3.05 bits per heavy atom. The van der Waals surface area contributed by atoms with Crippen LogP contribution in [0.15, 0.2) is 30.6 Å². The van der Waals surface area contributed by atoms with E-state index in [9.17, 15) is 0 Å². The van der Waals surface area contributed by atoms with E-state index in [2.05, 4.69) is 19.7 Å². The van der Waals surface area contributed by atoms with Crippen LogP contribution in [-0.4, -0.2) is 56.5 Å². The third-order valence-electron chi connectivity index (χ3n) is 3.55. The molecular weight excluding hydrogens is 271 g/mol. The zero-order valence-electron chi connectivity index (χ0n) is 11.6. The van der Waals surface area contributed by atoms with Gasteiger partial charge in [0, 0.05) is 19.6 Å². The highest BCUT2D eigenvalue weighted by Gasteiger charge is 2.17. The minimum absolute atomic E-state index is 0.429. The lowest BCUT2D eigenvalue weighted by molar-refractivity contribution is 0.175. The fourth-order valence-electron chi connectivity index (χ4n) is 2.36. The van der Waals surface area contributed by atoms with Gasteiger partial charge in [0.25, 0.3) is 0 Å². The van der Waals surface area contributed by atoms with Crippen molar-refractivity contribution in [2.45, 2.75) is 13.1 Å². The molecule has 2 aromatic rings. The Kier molecular flexibility index (Phi) is 4.19. The number of rotatable bonds is 5. The van der Waals surface area contributed by atoms with Crippen LogP contribution >= 0.6 is 0 Å². The average Bonchev–Trinajstić information content (AvgIpc) is 2.95. The van der Waals surface area contributed by atoms with Crippen molar-refractivity contribution in [1.82, 2.24) is 19.7 Å². The van der Waals surface area contributed by atoms with Gasteiger partial charge in [-0.3, -0.25) is 4.90 Å². The highest BCUT2D eigenvalue weighted by atomic mass is 16.5. The lowest BCUT2D eigenvalue weighted by Crippen LogP contribution is -2.36. The van der Waals surface area contributed by atoms with Gasteiger partial charge >= 0.3 is 7.12 Å². The fraction of sp³-hybridized carbons (Fsp3) is 0.385. The number of hydrogen-bond acceptors (Lipinski definition) is 6. The van der Waals surface area contributed by atoms with Crippen LogP contribution in [0.2, 0.25) is 0 Å². The maximum Gasteiger partial charge on any atom is 0.488 e. The second-order valence-corrected chi connectivity index (χ2v) is 5.01. The van der Waals surface area contributed by atoms with Gasteiger partial charge < -0.3 is 19.4 Å². The molecule has 0 saturated heterocycles. The van der Waals surface area contributed by atoms with Crippen molar-refractivity contribution in [2.75, 3.05) is 19.7 Å². The number of hydrogen-bond donors (Lipinski definition) is 2. The molecule has 0 bridgehead atoms. The lowest BCUT2D eigenvalue weighted by Gasteiger charge is -2.26. The van der Waals surface area contributed by atoms with Crippen molar-refractivity contribution in [1.29, 1.82) is 0 Å². The minimum atomic E-state index is -1.47. The zero-order valence-corrected chi connectivity index (χ0v) is 11.6. The Morgan fingerprint density at radius 1 is 1.29 bits per heavy atom. The van der Waals surface area contributed by atoms with Gasteiger partial charge in [0.1, 0.15) is 24.5 Å². The molecule has 0 spiro atoms. The fourth-order valence-corrected chi connectivity index (χ4v) is 2.36. The minimum Gasteiger partial charge on any atom is -0.492 e. The first-order chi connectivity index (χ1) is 10.2. The van der Waals surface area contributed by atoms with E-state index >= 15 is 0 Å². The summed E-state index contributed by atoms with van der Waals surface area (Å²) in [5.74, 6) is 1.62. The molecule has 2 N–H and O–H groups in total. The van der Waals surface area contributed by atoms with Crippen molar-refractivity contribution >= 4 is 12.6 Å². The molecule has 8 heteroatoms. The molecule has 1 aliphatic rings. The predicted molar refractivity (Wildman–Crippen MR) is 77.1 cm³/mol. The van der Waals surface area contributed by atoms with E-state index in [1.807, 2.05) is 0 Å². The topological polar surface area (TPSA) is 83.6 Å². The molecule has 3 rings (SSSR count). The first-order valence-corrected chi connectivity index (χ1v) is 6.90. The van der Waals surface area contributed by atoms with Gasteiger partial charge in [-0.1, -0.05) is 12.1 Å². The molecule has 2 heterocycles. The van der Waals surface area contributed by atoms with Crippen LogP contribution in [0, 0.1) is 0 Å². The van der Waals surface area contributed by atoms with E-state index in [4.69, 9.17) is 14.8 Å². The Labute approximate surface area is 122 Å². The second kappa shape index (κ2) is 6.25. The van der Waals surface area contributed by atoms with E-state index in [0.29, 0.717) is 17.8 Å². The van der Waals surface area contributed by atoms with E-state index < -0.39 is 7.12 Å². The Hall–Kier alpha value is -1.90. The Morgan fingerprint density at radius 2 is 2.19 bits per heavy atom. The number of ether oxygens (including phenoxy) is 1. The summed E-state index contributed by atoms with van der Waals surface area (Å²) in [4.78, 5) is 2.26. The van der Waals surface area contributed by atoms with Gasteiger partial charge in [-0.05, 0) is 17.6 Å². The molecule has 110 valence electrons. The van der Waals surface area contributed by atoms with Crippen molar-refractivity contribution in [3.8, 4) is 5.75 Å². The van der Waals surface area contributed by atoms with Gasteiger partial charge in [0.15, 0.2) is 0 Å². The van der Waals surface area contributed by atoms with E-state index in [1.54, 1.807) is 30.6 Å². The Balaban J connectivity index is 1.49. The van der Waals surface area contributed by atoms with Crippen LogP contribution < -0.4 is 10.2 Å². The van der Waals surface area contributed by atoms with Gasteiger partial charge in [-0.2, -0.15) is 0 Å². The molecule has 0 radical (unpaired) electrons. The van der Waals surface area contributed by atoms with Crippen molar-refractivity contribution in [3.05, 3.63) is 36.4 Å². The van der Waals surface area contributed by atoms with Crippen molar-refractivity contribution in [2.24, 2.45) is 0 Å². The van der Waals surface area contributed by atoms with Crippen molar-refractivity contribution in [3.63, 3.8) is 0 Å². The molecular formula is C13H17BN4O3. The summed E-state index contributed by atoms with van der Waals surface area (Å²) >= 11 is 0. The third kappa shape index (κ3) is 3.41. The average molecular weight is 288 g/mol. The normalized spacial score (nSPS) is 14.8. The monoisotopic (exact) mass is 288 g/mol. The van der Waals surface area contributed by atoms with Crippen LogP contribution in [0.25, 0.3) is 0 Å². The summed E-state index contributed by atoms with van der Waals surface area (Å²) in [6.45, 7) is 3.95. The molecule has 0 atom stereocenters. The van der Waals surface area contributed by atoms with Gasteiger partial charge in [-0.15, -0.1) is 10.2 Å². The second-order valence-electron chi connectivity index (χ2n) is 5.01. The number of aromatic nitrogens is 3.